The topological polar surface area (TPSA) is 41.6 Å². The highest BCUT2D eigenvalue weighted by molar-refractivity contribution is 6.30. The lowest BCUT2D eigenvalue weighted by Gasteiger charge is -2.38. The lowest BCUT2D eigenvalue weighted by Crippen LogP contribution is -2.51. The molecule has 1 atom stereocenters. The molecular formula is C15H19ClN2O2. The smallest absolute Gasteiger partial charge is 0.253 e. The highest BCUT2D eigenvalue weighted by atomic mass is 35.5. The van der Waals surface area contributed by atoms with Crippen LogP contribution in [-0.4, -0.2) is 38.3 Å². The third-order valence-electron chi connectivity index (χ3n) is 4.11. The van der Waals surface area contributed by atoms with Gasteiger partial charge < -0.3 is 15.0 Å². The number of piperidine rings is 1. The summed E-state index contributed by atoms with van der Waals surface area (Å²) in [6.45, 7) is 2.87. The number of morpholine rings is 1. The minimum Gasteiger partial charge on any atom is -0.366 e. The van der Waals surface area contributed by atoms with Crippen molar-refractivity contribution >= 4 is 23.2 Å². The summed E-state index contributed by atoms with van der Waals surface area (Å²) in [5, 5.41) is 4.01. The van der Waals surface area contributed by atoms with Crippen molar-refractivity contribution < 1.29 is 9.53 Å². The zero-order valence-electron chi connectivity index (χ0n) is 11.3. The molecule has 0 bridgehead atoms. The van der Waals surface area contributed by atoms with E-state index in [0.717, 1.165) is 31.6 Å². The van der Waals surface area contributed by atoms with Gasteiger partial charge in [0.05, 0.1) is 12.6 Å². The predicted molar refractivity (Wildman–Crippen MR) is 79.1 cm³/mol. The van der Waals surface area contributed by atoms with Gasteiger partial charge in [0.2, 0.25) is 0 Å². The summed E-state index contributed by atoms with van der Waals surface area (Å²) in [6, 6.07) is 7.46. The van der Waals surface area contributed by atoms with Crippen LogP contribution < -0.4 is 10.2 Å². The first-order chi connectivity index (χ1) is 9.74. The minimum atomic E-state index is 0.0115. The van der Waals surface area contributed by atoms with Crippen molar-refractivity contribution in [1.29, 1.82) is 0 Å². The van der Waals surface area contributed by atoms with Crippen molar-refractivity contribution in [3.05, 3.63) is 29.3 Å². The fraction of sp³-hybridized carbons (Fsp3) is 0.533. The Kier molecular flexibility index (Phi) is 4.24. The third kappa shape index (κ3) is 2.97. The largest absolute Gasteiger partial charge is 0.366 e. The van der Waals surface area contributed by atoms with Crippen LogP contribution in [0, 0.1) is 5.92 Å². The van der Waals surface area contributed by atoms with Gasteiger partial charge in [0.15, 0.2) is 0 Å². The van der Waals surface area contributed by atoms with Crippen molar-refractivity contribution in [3.63, 3.8) is 0 Å². The molecule has 0 radical (unpaired) electrons. The molecule has 2 saturated heterocycles. The minimum absolute atomic E-state index is 0.0115. The number of halogens is 1. The first-order valence-electron chi connectivity index (χ1n) is 7.12. The number of benzene rings is 1. The number of amides is 1. The molecular weight excluding hydrogens is 276 g/mol. The SMILES string of the molecule is O=C1COC(C2CCNCC2)CN1c1cccc(Cl)c1. The van der Waals surface area contributed by atoms with E-state index >= 15 is 0 Å². The zero-order chi connectivity index (χ0) is 13.9. The Morgan fingerprint density at radius 3 is 2.85 bits per heavy atom. The number of anilines is 1. The quantitative estimate of drug-likeness (QED) is 0.908. The van der Waals surface area contributed by atoms with E-state index in [4.69, 9.17) is 16.3 Å². The molecule has 3 rings (SSSR count). The molecule has 2 fully saturated rings. The lowest BCUT2D eigenvalue weighted by molar-refractivity contribution is -0.131. The molecule has 20 heavy (non-hydrogen) atoms. The maximum Gasteiger partial charge on any atom is 0.253 e. The molecule has 2 aliphatic rings. The normalized spacial score (nSPS) is 24.9. The van der Waals surface area contributed by atoms with Crippen LogP contribution in [0.15, 0.2) is 24.3 Å². The van der Waals surface area contributed by atoms with Crippen molar-refractivity contribution in [3.8, 4) is 0 Å². The number of carbonyl (C=O) groups excluding carboxylic acids is 1. The molecule has 0 aromatic heterocycles. The number of rotatable bonds is 2. The van der Waals surface area contributed by atoms with Gasteiger partial charge in [-0.25, -0.2) is 0 Å². The molecule has 1 N–H and O–H groups in total. The van der Waals surface area contributed by atoms with E-state index in [9.17, 15) is 4.79 Å². The molecule has 1 unspecified atom stereocenters. The van der Waals surface area contributed by atoms with Crippen LogP contribution >= 0.6 is 11.6 Å². The van der Waals surface area contributed by atoms with Gasteiger partial charge >= 0.3 is 0 Å². The fourth-order valence-electron chi connectivity index (χ4n) is 2.99. The van der Waals surface area contributed by atoms with Crippen molar-refractivity contribution in [2.75, 3.05) is 31.1 Å². The molecule has 5 heteroatoms. The number of nitrogens with zero attached hydrogens (tertiary/aromatic N) is 1. The van der Waals surface area contributed by atoms with E-state index in [2.05, 4.69) is 5.32 Å². The van der Waals surface area contributed by atoms with Gasteiger partial charge in [-0.05, 0) is 50.0 Å². The standard InChI is InChI=1S/C15H19ClN2O2/c16-12-2-1-3-13(8-12)18-9-14(20-10-15(18)19)11-4-6-17-7-5-11/h1-3,8,11,14,17H,4-7,9-10H2. The van der Waals surface area contributed by atoms with E-state index in [1.165, 1.54) is 0 Å². The Balaban J connectivity index is 1.74. The summed E-state index contributed by atoms with van der Waals surface area (Å²) in [5.74, 6) is 0.545. The summed E-state index contributed by atoms with van der Waals surface area (Å²) in [4.78, 5) is 13.9. The van der Waals surface area contributed by atoms with Crippen LogP contribution in [0.4, 0.5) is 5.69 Å². The molecule has 0 spiro atoms. The number of ether oxygens (including phenoxy) is 1. The predicted octanol–water partition coefficient (Wildman–Crippen LogP) is 2.07. The second kappa shape index (κ2) is 6.12. The number of hydrogen-bond acceptors (Lipinski definition) is 3. The van der Waals surface area contributed by atoms with E-state index in [1.54, 1.807) is 0 Å². The molecule has 0 saturated carbocycles. The van der Waals surface area contributed by atoms with E-state index in [0.29, 0.717) is 17.5 Å². The van der Waals surface area contributed by atoms with Crippen LogP contribution in [-0.2, 0) is 9.53 Å². The van der Waals surface area contributed by atoms with Gasteiger partial charge in [0.1, 0.15) is 6.61 Å². The number of hydrogen-bond donors (Lipinski definition) is 1. The third-order valence-corrected chi connectivity index (χ3v) is 4.35. The Morgan fingerprint density at radius 2 is 2.10 bits per heavy atom. The van der Waals surface area contributed by atoms with Gasteiger partial charge in [0, 0.05) is 10.7 Å². The van der Waals surface area contributed by atoms with Gasteiger partial charge in [-0.2, -0.15) is 0 Å². The summed E-state index contributed by atoms with van der Waals surface area (Å²) in [6.07, 6.45) is 2.36. The molecule has 0 aliphatic carbocycles. The first-order valence-corrected chi connectivity index (χ1v) is 7.50. The molecule has 1 amide bonds. The van der Waals surface area contributed by atoms with Crippen LogP contribution in [0.25, 0.3) is 0 Å². The number of carbonyl (C=O) groups is 1. The highest BCUT2D eigenvalue weighted by Crippen LogP contribution is 2.27. The highest BCUT2D eigenvalue weighted by Gasteiger charge is 2.33. The summed E-state index contributed by atoms with van der Waals surface area (Å²) >= 11 is 6.02. The Labute approximate surface area is 124 Å². The zero-order valence-corrected chi connectivity index (χ0v) is 12.1. The monoisotopic (exact) mass is 294 g/mol. The molecule has 1 aromatic rings. The van der Waals surface area contributed by atoms with Gasteiger partial charge in [0.25, 0.3) is 5.91 Å². The van der Waals surface area contributed by atoms with Crippen LogP contribution in [0.5, 0.6) is 0 Å². The lowest BCUT2D eigenvalue weighted by atomic mass is 9.91. The summed E-state index contributed by atoms with van der Waals surface area (Å²) in [7, 11) is 0. The van der Waals surface area contributed by atoms with Gasteiger partial charge in [-0.15, -0.1) is 0 Å². The van der Waals surface area contributed by atoms with E-state index in [1.807, 2.05) is 29.2 Å². The van der Waals surface area contributed by atoms with Crippen molar-refractivity contribution in [2.24, 2.45) is 5.92 Å². The van der Waals surface area contributed by atoms with Crippen molar-refractivity contribution in [2.45, 2.75) is 18.9 Å². The molecule has 2 heterocycles. The summed E-state index contributed by atoms with van der Waals surface area (Å²) < 4.78 is 5.76. The second-order valence-corrected chi connectivity index (χ2v) is 5.86. The van der Waals surface area contributed by atoms with Crippen LogP contribution in [0.3, 0.4) is 0 Å². The fourth-order valence-corrected chi connectivity index (χ4v) is 3.17. The van der Waals surface area contributed by atoms with Gasteiger partial charge in [-0.1, -0.05) is 17.7 Å². The maximum absolute atomic E-state index is 12.1. The molecule has 4 nitrogen and oxygen atoms in total. The second-order valence-electron chi connectivity index (χ2n) is 5.42. The van der Waals surface area contributed by atoms with E-state index < -0.39 is 0 Å². The van der Waals surface area contributed by atoms with Gasteiger partial charge in [-0.3, -0.25) is 4.79 Å². The number of nitrogens with one attached hydrogen (secondary N) is 1. The maximum atomic E-state index is 12.1. The molecule has 2 aliphatic heterocycles. The van der Waals surface area contributed by atoms with Crippen LogP contribution in [0.2, 0.25) is 5.02 Å². The van der Waals surface area contributed by atoms with E-state index in [-0.39, 0.29) is 18.6 Å². The molecule has 108 valence electrons. The Bertz CT molecular complexity index is 489. The van der Waals surface area contributed by atoms with Crippen molar-refractivity contribution in [1.82, 2.24) is 5.32 Å². The molecule has 1 aromatic carbocycles. The average molecular weight is 295 g/mol. The first kappa shape index (κ1) is 13.9. The Hall–Kier alpha value is -1.10. The summed E-state index contributed by atoms with van der Waals surface area (Å²) in [5.41, 5.74) is 0.865. The van der Waals surface area contributed by atoms with Crippen LogP contribution in [0.1, 0.15) is 12.8 Å². The average Bonchev–Trinajstić information content (AvgIpc) is 2.48. The Morgan fingerprint density at radius 1 is 1.30 bits per heavy atom.